The van der Waals surface area contributed by atoms with E-state index in [0.717, 1.165) is 24.2 Å². The van der Waals surface area contributed by atoms with Crippen molar-refractivity contribution in [3.8, 4) is 22.6 Å². The Morgan fingerprint density at radius 1 is 1.04 bits per heavy atom. The SMILES string of the molecule is CN(Cc1ccc(-c2nc(-c3ccoc3)cc(=O)[nH]2)cc1)Cc1cccnc1. The molecule has 0 unspecified atom stereocenters. The van der Waals surface area contributed by atoms with Gasteiger partial charge in [0.15, 0.2) is 0 Å². The molecule has 0 saturated carbocycles. The fourth-order valence-electron chi connectivity index (χ4n) is 3.09. The summed E-state index contributed by atoms with van der Waals surface area (Å²) in [4.78, 5) is 25.8. The van der Waals surface area contributed by atoms with Gasteiger partial charge in [0.2, 0.25) is 0 Å². The summed E-state index contributed by atoms with van der Waals surface area (Å²) in [5.41, 5.74) is 4.40. The smallest absolute Gasteiger partial charge is 0.251 e. The first kappa shape index (κ1) is 17.9. The van der Waals surface area contributed by atoms with Gasteiger partial charge in [-0.1, -0.05) is 30.3 Å². The molecule has 0 bridgehead atoms. The van der Waals surface area contributed by atoms with Crippen LogP contribution in [-0.2, 0) is 13.1 Å². The molecule has 0 radical (unpaired) electrons. The average Bonchev–Trinajstić information content (AvgIpc) is 3.24. The number of nitrogens with zero attached hydrogens (tertiary/aromatic N) is 3. The number of rotatable bonds is 6. The highest BCUT2D eigenvalue weighted by molar-refractivity contribution is 5.62. The van der Waals surface area contributed by atoms with Crippen LogP contribution in [0, 0.1) is 0 Å². The zero-order valence-electron chi connectivity index (χ0n) is 15.5. The minimum Gasteiger partial charge on any atom is -0.472 e. The van der Waals surface area contributed by atoms with Gasteiger partial charge in [-0.25, -0.2) is 4.98 Å². The maximum atomic E-state index is 12.0. The second-order valence-corrected chi connectivity index (χ2v) is 6.72. The van der Waals surface area contributed by atoms with E-state index in [2.05, 4.69) is 45.1 Å². The number of benzene rings is 1. The second-order valence-electron chi connectivity index (χ2n) is 6.72. The third-order valence-corrected chi connectivity index (χ3v) is 4.41. The summed E-state index contributed by atoms with van der Waals surface area (Å²) in [5.74, 6) is 0.541. The minimum absolute atomic E-state index is 0.193. The maximum absolute atomic E-state index is 12.0. The molecule has 0 spiro atoms. The van der Waals surface area contributed by atoms with Gasteiger partial charge < -0.3 is 9.40 Å². The second kappa shape index (κ2) is 8.02. The quantitative estimate of drug-likeness (QED) is 0.558. The molecule has 28 heavy (non-hydrogen) atoms. The fraction of sp³-hybridized carbons (Fsp3) is 0.136. The van der Waals surface area contributed by atoms with Gasteiger partial charge in [-0.15, -0.1) is 0 Å². The molecule has 0 aliphatic heterocycles. The van der Waals surface area contributed by atoms with Gasteiger partial charge in [0.1, 0.15) is 5.82 Å². The Morgan fingerprint density at radius 2 is 1.86 bits per heavy atom. The average molecular weight is 372 g/mol. The van der Waals surface area contributed by atoms with Crippen LogP contribution in [-0.4, -0.2) is 26.9 Å². The van der Waals surface area contributed by atoms with Crippen LogP contribution in [0.2, 0.25) is 0 Å². The molecule has 140 valence electrons. The lowest BCUT2D eigenvalue weighted by atomic mass is 10.1. The standard InChI is InChI=1S/C22H20N4O2/c1-26(14-17-3-2-9-23-12-17)13-16-4-6-18(7-5-16)22-24-20(11-21(27)25-22)19-8-10-28-15-19/h2-12,15H,13-14H2,1H3,(H,24,25,27). The summed E-state index contributed by atoms with van der Waals surface area (Å²) in [5, 5.41) is 0. The minimum atomic E-state index is -0.193. The molecule has 1 aromatic carbocycles. The zero-order valence-corrected chi connectivity index (χ0v) is 15.5. The van der Waals surface area contributed by atoms with Crippen molar-refractivity contribution in [3.05, 3.63) is 94.9 Å². The van der Waals surface area contributed by atoms with Crippen LogP contribution < -0.4 is 5.56 Å². The highest BCUT2D eigenvalue weighted by Crippen LogP contribution is 2.20. The summed E-state index contributed by atoms with van der Waals surface area (Å²) in [7, 11) is 2.08. The Bertz CT molecular complexity index is 1090. The molecule has 6 nitrogen and oxygen atoms in total. The highest BCUT2D eigenvalue weighted by Gasteiger charge is 2.08. The van der Waals surface area contributed by atoms with E-state index in [9.17, 15) is 4.79 Å². The summed E-state index contributed by atoms with van der Waals surface area (Å²) in [6.07, 6.45) is 6.80. The van der Waals surface area contributed by atoms with Crippen LogP contribution in [0.15, 0.2) is 82.7 Å². The Labute approximate surface area is 162 Å². The molecule has 0 saturated heterocycles. The first-order valence-corrected chi connectivity index (χ1v) is 8.98. The van der Waals surface area contributed by atoms with Crippen LogP contribution in [0.3, 0.4) is 0 Å². The van der Waals surface area contributed by atoms with Gasteiger partial charge in [0, 0.05) is 42.7 Å². The number of aromatic nitrogens is 3. The Morgan fingerprint density at radius 3 is 2.57 bits per heavy atom. The van der Waals surface area contributed by atoms with Gasteiger partial charge in [0.05, 0.1) is 18.2 Å². The molecule has 0 amide bonds. The van der Waals surface area contributed by atoms with E-state index in [4.69, 9.17) is 4.42 Å². The van der Waals surface area contributed by atoms with Crippen molar-refractivity contribution >= 4 is 0 Å². The summed E-state index contributed by atoms with van der Waals surface area (Å²) in [6, 6.07) is 15.3. The lowest BCUT2D eigenvalue weighted by Crippen LogP contribution is -2.17. The van der Waals surface area contributed by atoms with E-state index in [1.165, 1.54) is 17.2 Å². The van der Waals surface area contributed by atoms with Crippen LogP contribution in [0.5, 0.6) is 0 Å². The first-order valence-electron chi connectivity index (χ1n) is 8.98. The lowest BCUT2D eigenvalue weighted by molar-refractivity contribution is 0.318. The third-order valence-electron chi connectivity index (χ3n) is 4.41. The van der Waals surface area contributed by atoms with E-state index in [-0.39, 0.29) is 5.56 Å². The van der Waals surface area contributed by atoms with E-state index >= 15 is 0 Å². The highest BCUT2D eigenvalue weighted by atomic mass is 16.3. The summed E-state index contributed by atoms with van der Waals surface area (Å²) >= 11 is 0. The predicted molar refractivity (Wildman–Crippen MR) is 107 cm³/mol. The number of pyridine rings is 1. The van der Waals surface area contributed by atoms with Crippen LogP contribution in [0.25, 0.3) is 22.6 Å². The topological polar surface area (TPSA) is 75.0 Å². The predicted octanol–water partition coefficient (Wildman–Crippen LogP) is 3.72. The van der Waals surface area contributed by atoms with E-state index < -0.39 is 0 Å². The van der Waals surface area contributed by atoms with E-state index in [0.29, 0.717) is 11.5 Å². The Hall–Kier alpha value is -3.51. The number of hydrogen-bond acceptors (Lipinski definition) is 5. The monoisotopic (exact) mass is 372 g/mol. The third kappa shape index (κ3) is 4.24. The largest absolute Gasteiger partial charge is 0.472 e. The molecule has 1 N–H and O–H groups in total. The molecule has 0 aliphatic rings. The molecule has 4 aromatic rings. The van der Waals surface area contributed by atoms with Crippen molar-refractivity contribution in [3.63, 3.8) is 0 Å². The summed E-state index contributed by atoms with van der Waals surface area (Å²) < 4.78 is 5.09. The molecule has 0 fully saturated rings. The zero-order chi connectivity index (χ0) is 19.3. The maximum Gasteiger partial charge on any atom is 0.251 e. The van der Waals surface area contributed by atoms with Crippen molar-refractivity contribution < 1.29 is 4.42 Å². The number of furan rings is 1. The van der Waals surface area contributed by atoms with Crippen molar-refractivity contribution in [1.29, 1.82) is 0 Å². The molecule has 6 heteroatoms. The van der Waals surface area contributed by atoms with Crippen LogP contribution >= 0.6 is 0 Å². The fourth-order valence-corrected chi connectivity index (χ4v) is 3.09. The van der Waals surface area contributed by atoms with Crippen molar-refractivity contribution in [2.45, 2.75) is 13.1 Å². The van der Waals surface area contributed by atoms with Gasteiger partial charge >= 0.3 is 0 Å². The normalized spacial score (nSPS) is 11.1. The van der Waals surface area contributed by atoms with E-state index in [1.54, 1.807) is 24.8 Å². The molecular formula is C22H20N4O2. The van der Waals surface area contributed by atoms with Crippen molar-refractivity contribution in [2.24, 2.45) is 0 Å². The number of hydrogen-bond donors (Lipinski definition) is 1. The Balaban J connectivity index is 1.50. The molecular weight excluding hydrogens is 352 g/mol. The van der Waals surface area contributed by atoms with Gasteiger partial charge in [-0.05, 0) is 30.3 Å². The van der Waals surface area contributed by atoms with Crippen LogP contribution in [0.4, 0.5) is 0 Å². The van der Waals surface area contributed by atoms with Crippen molar-refractivity contribution in [1.82, 2.24) is 19.9 Å². The Kier molecular flexibility index (Phi) is 5.12. The number of H-pyrrole nitrogens is 1. The first-order chi connectivity index (χ1) is 13.7. The van der Waals surface area contributed by atoms with Gasteiger partial charge in [-0.3, -0.25) is 14.7 Å². The summed E-state index contributed by atoms with van der Waals surface area (Å²) in [6.45, 7) is 1.64. The number of nitrogens with one attached hydrogen (secondary N) is 1. The number of aromatic amines is 1. The van der Waals surface area contributed by atoms with Gasteiger partial charge in [-0.2, -0.15) is 0 Å². The molecule has 0 aliphatic carbocycles. The molecule has 3 heterocycles. The van der Waals surface area contributed by atoms with Crippen LogP contribution in [0.1, 0.15) is 11.1 Å². The van der Waals surface area contributed by atoms with Crippen molar-refractivity contribution in [2.75, 3.05) is 7.05 Å². The molecule has 4 rings (SSSR count). The van der Waals surface area contributed by atoms with Gasteiger partial charge in [0.25, 0.3) is 5.56 Å². The lowest BCUT2D eigenvalue weighted by Gasteiger charge is -2.16. The molecule has 3 aromatic heterocycles. The van der Waals surface area contributed by atoms with E-state index in [1.807, 2.05) is 24.4 Å². The molecule has 0 atom stereocenters.